The highest BCUT2D eigenvalue weighted by molar-refractivity contribution is 6.34. The largest absolute Gasteiger partial charge is 0.456 e. The highest BCUT2D eigenvalue weighted by Gasteiger charge is 2.62. The van der Waals surface area contributed by atoms with Crippen molar-refractivity contribution in [2.75, 3.05) is 0 Å². The van der Waals surface area contributed by atoms with Crippen LogP contribution in [0, 0.1) is 11.3 Å². The number of nitrogens with one attached hydrogen (secondary N) is 1. The molecule has 174 valence electrons. The van der Waals surface area contributed by atoms with Crippen LogP contribution in [0.15, 0.2) is 41.4 Å². The molecule has 2 aromatic carbocycles. The summed E-state index contributed by atoms with van der Waals surface area (Å²) in [6, 6.07) is 9.60. The van der Waals surface area contributed by atoms with E-state index in [4.69, 9.17) is 32.8 Å². The number of halogens is 5. The molecule has 1 atom stereocenters. The lowest BCUT2D eigenvalue weighted by Crippen LogP contribution is -2.42. The van der Waals surface area contributed by atoms with E-state index in [0.717, 1.165) is 12.1 Å². The Bertz CT molecular complexity index is 1150. The molecule has 0 radical (unpaired) electrons. The molecule has 1 unspecified atom stereocenters. The molecule has 1 aliphatic rings. The van der Waals surface area contributed by atoms with E-state index in [-0.39, 0.29) is 38.3 Å². The van der Waals surface area contributed by atoms with Crippen molar-refractivity contribution >= 4 is 40.7 Å². The standard InChI is InChI=1S/C22H18Cl2F3N3O3/c1-20(2,3)32-19(31)15-5-4-6-17(16(15)11-28)29-18-10-21(33-30-18,22(25,26)27)12-7-13(23)9-14(24)8-12/h4-9H,10H2,1-3H3,(H,29,30). The van der Waals surface area contributed by atoms with Crippen LogP contribution in [0.25, 0.3) is 0 Å². The fourth-order valence-electron chi connectivity index (χ4n) is 3.19. The topological polar surface area (TPSA) is 83.7 Å². The summed E-state index contributed by atoms with van der Waals surface area (Å²) in [5.41, 5.74) is -1.95. The number of amidine groups is 1. The average molecular weight is 500 g/mol. The summed E-state index contributed by atoms with van der Waals surface area (Å²) < 4.78 is 47.7. The fraction of sp³-hybridized carbons (Fsp3) is 0.318. The van der Waals surface area contributed by atoms with Gasteiger partial charge in [0.25, 0.3) is 0 Å². The van der Waals surface area contributed by atoms with Gasteiger partial charge in [-0.25, -0.2) is 9.79 Å². The Balaban J connectivity index is 2.03. The predicted molar refractivity (Wildman–Crippen MR) is 116 cm³/mol. The minimum absolute atomic E-state index is 0.00643. The van der Waals surface area contributed by atoms with Crippen LogP contribution in [0.2, 0.25) is 10.0 Å². The molecule has 0 aliphatic carbocycles. The number of hydrogen-bond acceptors (Lipinski definition) is 5. The lowest BCUT2D eigenvalue weighted by Gasteiger charge is -2.29. The van der Waals surface area contributed by atoms with E-state index in [9.17, 15) is 23.2 Å². The number of ether oxygens (including phenoxy) is 1. The molecule has 3 rings (SSSR count). The minimum atomic E-state index is -4.86. The van der Waals surface area contributed by atoms with Crippen LogP contribution in [0.3, 0.4) is 0 Å². The van der Waals surface area contributed by atoms with Crippen LogP contribution >= 0.6 is 23.2 Å². The number of carbonyl (C=O) groups is 1. The molecule has 0 bridgehead atoms. The van der Waals surface area contributed by atoms with E-state index in [0.29, 0.717) is 0 Å². The third-order valence-electron chi connectivity index (χ3n) is 4.57. The molecule has 0 spiro atoms. The van der Waals surface area contributed by atoms with Gasteiger partial charge in [-0.15, -0.1) is 0 Å². The Morgan fingerprint density at radius 3 is 2.39 bits per heavy atom. The van der Waals surface area contributed by atoms with Crippen molar-refractivity contribution in [1.29, 1.82) is 5.26 Å². The number of hydrogen-bond donors (Lipinski definition) is 1. The summed E-state index contributed by atoms with van der Waals surface area (Å²) in [4.78, 5) is 21.6. The molecular formula is C22H18Cl2F3N3O3. The average Bonchev–Trinajstić information content (AvgIpc) is 3.11. The van der Waals surface area contributed by atoms with Crippen LogP contribution < -0.4 is 5.48 Å². The maximum Gasteiger partial charge on any atom is 0.424 e. The molecule has 0 amide bonds. The Labute approximate surface area is 197 Å². The van der Waals surface area contributed by atoms with Crippen LogP contribution in [0.1, 0.15) is 48.7 Å². The lowest BCUT2D eigenvalue weighted by molar-refractivity contribution is -0.282. The van der Waals surface area contributed by atoms with Crippen molar-refractivity contribution in [2.24, 2.45) is 4.99 Å². The number of nitriles is 1. The Hall–Kier alpha value is -2.80. The summed E-state index contributed by atoms with van der Waals surface area (Å²) in [7, 11) is 0. The van der Waals surface area contributed by atoms with Crippen molar-refractivity contribution < 1.29 is 27.5 Å². The number of esters is 1. The number of carbonyl (C=O) groups excluding carboxylic acids is 1. The number of benzene rings is 2. The molecule has 6 nitrogen and oxygen atoms in total. The highest BCUT2D eigenvalue weighted by Crippen LogP contribution is 2.48. The SMILES string of the molecule is CC(C)(C)OC(=O)c1cccc(N=C2CC(c3cc(Cl)cc(Cl)c3)(C(F)(F)F)ON2)c1C#N. The Morgan fingerprint density at radius 2 is 1.85 bits per heavy atom. The first-order valence-corrected chi connectivity index (χ1v) is 10.3. The van der Waals surface area contributed by atoms with Gasteiger partial charge in [0.2, 0.25) is 5.60 Å². The number of alkyl halides is 3. The zero-order valence-electron chi connectivity index (χ0n) is 17.7. The number of nitrogens with zero attached hydrogens (tertiary/aromatic N) is 2. The van der Waals surface area contributed by atoms with E-state index >= 15 is 0 Å². The minimum Gasteiger partial charge on any atom is -0.456 e. The normalized spacial score (nSPS) is 19.8. The monoisotopic (exact) mass is 499 g/mol. The molecule has 1 aliphatic heterocycles. The van der Waals surface area contributed by atoms with Crippen LogP contribution in [-0.2, 0) is 15.2 Å². The van der Waals surface area contributed by atoms with Gasteiger partial charge in [-0.2, -0.15) is 18.4 Å². The molecule has 33 heavy (non-hydrogen) atoms. The third-order valence-corrected chi connectivity index (χ3v) is 5.01. The van der Waals surface area contributed by atoms with Crippen molar-refractivity contribution in [3.05, 3.63) is 63.1 Å². The number of hydroxylamine groups is 1. The smallest absolute Gasteiger partial charge is 0.424 e. The second-order valence-electron chi connectivity index (χ2n) is 8.24. The van der Waals surface area contributed by atoms with Crippen molar-refractivity contribution in [2.45, 2.75) is 44.6 Å². The second-order valence-corrected chi connectivity index (χ2v) is 9.11. The maximum absolute atomic E-state index is 14.1. The van der Waals surface area contributed by atoms with Gasteiger partial charge in [0, 0.05) is 10.0 Å². The van der Waals surface area contributed by atoms with Crippen molar-refractivity contribution in [3.63, 3.8) is 0 Å². The highest BCUT2D eigenvalue weighted by atomic mass is 35.5. The molecule has 2 aromatic rings. The molecule has 0 aromatic heterocycles. The van der Waals surface area contributed by atoms with E-state index in [2.05, 4.69) is 10.5 Å². The second kappa shape index (κ2) is 8.86. The van der Waals surface area contributed by atoms with Gasteiger partial charge < -0.3 is 4.74 Å². The van der Waals surface area contributed by atoms with Crippen LogP contribution in [0.5, 0.6) is 0 Å². The van der Waals surface area contributed by atoms with Gasteiger partial charge in [-0.1, -0.05) is 29.3 Å². The van der Waals surface area contributed by atoms with E-state index in [1.807, 2.05) is 6.07 Å². The molecule has 1 heterocycles. The Kier molecular flexibility index (Phi) is 6.67. The van der Waals surface area contributed by atoms with Gasteiger partial charge >= 0.3 is 12.1 Å². The van der Waals surface area contributed by atoms with Gasteiger partial charge in [0.1, 0.15) is 17.5 Å². The summed E-state index contributed by atoms with van der Waals surface area (Å²) in [5, 5.41) is 9.62. The number of rotatable bonds is 3. The third kappa shape index (κ3) is 5.24. The summed E-state index contributed by atoms with van der Waals surface area (Å²) >= 11 is 11.8. The predicted octanol–water partition coefficient (Wildman–Crippen LogP) is 6.23. The van der Waals surface area contributed by atoms with E-state index in [1.165, 1.54) is 24.3 Å². The van der Waals surface area contributed by atoms with Crippen LogP contribution in [-0.4, -0.2) is 23.6 Å². The van der Waals surface area contributed by atoms with Gasteiger partial charge in [-0.3, -0.25) is 10.3 Å². The molecule has 1 N–H and O–H groups in total. The molecule has 1 fully saturated rings. The lowest BCUT2D eigenvalue weighted by atomic mass is 9.90. The van der Waals surface area contributed by atoms with Crippen molar-refractivity contribution in [1.82, 2.24) is 5.48 Å². The first-order valence-electron chi connectivity index (χ1n) is 9.57. The summed E-state index contributed by atoms with van der Waals surface area (Å²) in [6.07, 6.45) is -5.60. The van der Waals surface area contributed by atoms with Crippen LogP contribution in [0.4, 0.5) is 18.9 Å². The van der Waals surface area contributed by atoms with E-state index in [1.54, 1.807) is 20.8 Å². The van der Waals surface area contributed by atoms with Gasteiger partial charge in [-0.05, 0) is 56.7 Å². The first-order chi connectivity index (χ1) is 15.3. The van der Waals surface area contributed by atoms with Gasteiger partial charge in [0.05, 0.1) is 23.2 Å². The molecule has 0 saturated carbocycles. The summed E-state index contributed by atoms with van der Waals surface area (Å²) in [6.45, 7) is 5.00. The summed E-state index contributed by atoms with van der Waals surface area (Å²) in [5.74, 6) is -0.962. The quantitative estimate of drug-likeness (QED) is 0.505. The fourth-order valence-corrected chi connectivity index (χ4v) is 3.71. The zero-order valence-corrected chi connectivity index (χ0v) is 19.2. The van der Waals surface area contributed by atoms with Crippen molar-refractivity contribution in [3.8, 4) is 6.07 Å². The molecule has 1 saturated heterocycles. The number of aliphatic imine (C=N–C) groups is 1. The maximum atomic E-state index is 14.1. The first kappa shape index (κ1) is 24.8. The zero-order chi connectivity index (χ0) is 24.6. The molecular weight excluding hydrogens is 482 g/mol. The van der Waals surface area contributed by atoms with E-state index < -0.39 is 29.8 Å². The molecule has 11 heteroatoms. The van der Waals surface area contributed by atoms with Gasteiger partial charge in [0.15, 0.2) is 0 Å². The Morgan fingerprint density at radius 1 is 1.21 bits per heavy atom.